The first kappa shape index (κ1) is 19.3. The quantitative estimate of drug-likeness (QED) is 0.563. The molecule has 5 nitrogen and oxygen atoms in total. The summed E-state index contributed by atoms with van der Waals surface area (Å²) in [5, 5.41) is 7.11. The number of hydrogen-bond acceptors (Lipinski definition) is 5. The summed E-state index contributed by atoms with van der Waals surface area (Å²) < 4.78 is 0. The van der Waals surface area contributed by atoms with Crippen LogP contribution in [0, 0.1) is 0 Å². The molecule has 0 atom stereocenters. The Balaban J connectivity index is 1.46. The molecule has 2 aromatic carbocycles. The third-order valence-corrected chi connectivity index (χ3v) is 6.89. The van der Waals surface area contributed by atoms with Gasteiger partial charge in [-0.05, 0) is 29.8 Å². The second-order valence-corrected chi connectivity index (χ2v) is 8.94. The van der Waals surface area contributed by atoms with E-state index in [1.807, 2.05) is 18.2 Å². The molecule has 1 aromatic heterocycles. The number of rotatable bonds is 4. The number of thiazole rings is 1. The van der Waals surface area contributed by atoms with Gasteiger partial charge in [0.2, 0.25) is 5.91 Å². The van der Waals surface area contributed by atoms with Gasteiger partial charge in [0.25, 0.3) is 5.91 Å². The van der Waals surface area contributed by atoms with Crippen molar-refractivity contribution in [2.45, 2.75) is 11.3 Å². The number of amides is 2. The van der Waals surface area contributed by atoms with Gasteiger partial charge < -0.3 is 5.32 Å². The van der Waals surface area contributed by atoms with Crippen LogP contribution in [-0.2, 0) is 11.2 Å². The minimum absolute atomic E-state index is 0.0701. The van der Waals surface area contributed by atoms with Gasteiger partial charge in [0.1, 0.15) is 0 Å². The minimum Gasteiger partial charge on any atom is -0.324 e. The van der Waals surface area contributed by atoms with Crippen molar-refractivity contribution in [3.8, 4) is 0 Å². The van der Waals surface area contributed by atoms with Crippen molar-refractivity contribution in [3.05, 3.63) is 68.6 Å². The van der Waals surface area contributed by atoms with Crippen molar-refractivity contribution in [3.63, 3.8) is 0 Å². The summed E-state index contributed by atoms with van der Waals surface area (Å²) in [5.74, 6) is 0.0329. The molecule has 1 aliphatic heterocycles. The normalized spacial score (nSPS) is 13.0. The van der Waals surface area contributed by atoms with E-state index in [-0.39, 0.29) is 11.8 Å². The van der Waals surface area contributed by atoms with Crippen LogP contribution < -0.4 is 10.6 Å². The van der Waals surface area contributed by atoms with Crippen LogP contribution in [0.15, 0.2) is 47.5 Å². The summed E-state index contributed by atoms with van der Waals surface area (Å²) in [7, 11) is 0. The molecule has 28 heavy (non-hydrogen) atoms. The molecule has 0 fully saturated rings. The number of fused-ring (bicyclic) bond motifs is 1. The number of halogens is 2. The largest absolute Gasteiger partial charge is 0.324 e. The summed E-state index contributed by atoms with van der Waals surface area (Å²) in [6.07, 6.45) is 2.29. The molecule has 1 aliphatic rings. The van der Waals surface area contributed by atoms with Crippen LogP contribution in [0.2, 0.25) is 10.0 Å². The van der Waals surface area contributed by atoms with Crippen molar-refractivity contribution in [1.82, 2.24) is 4.98 Å². The number of hydrogen-bond donors (Lipinski definition) is 2. The molecular weight excluding hydrogens is 437 g/mol. The fourth-order valence-corrected chi connectivity index (χ4v) is 4.72. The molecule has 0 bridgehead atoms. The highest BCUT2D eigenvalue weighted by Crippen LogP contribution is 2.33. The molecule has 0 saturated heterocycles. The van der Waals surface area contributed by atoms with E-state index in [2.05, 4.69) is 15.6 Å². The first-order valence-corrected chi connectivity index (χ1v) is 10.8. The van der Waals surface area contributed by atoms with Crippen LogP contribution in [0.1, 0.15) is 20.8 Å². The number of carbonyl (C=O) groups is 2. The van der Waals surface area contributed by atoms with Gasteiger partial charge in [-0.3, -0.25) is 14.9 Å². The lowest BCUT2D eigenvalue weighted by molar-refractivity contribution is -0.113. The number of nitrogens with one attached hydrogen (secondary N) is 2. The number of benzene rings is 2. The van der Waals surface area contributed by atoms with E-state index in [1.54, 1.807) is 24.4 Å². The molecule has 0 aliphatic carbocycles. The molecule has 0 spiro atoms. The summed E-state index contributed by atoms with van der Waals surface area (Å²) in [6, 6.07) is 10.7. The minimum atomic E-state index is -0.283. The highest BCUT2D eigenvalue weighted by molar-refractivity contribution is 8.00. The van der Waals surface area contributed by atoms with Gasteiger partial charge in [0.15, 0.2) is 5.13 Å². The molecule has 4 rings (SSSR count). The molecular formula is C19H13Cl2N3O2S2. The van der Waals surface area contributed by atoms with E-state index in [9.17, 15) is 9.59 Å². The van der Waals surface area contributed by atoms with E-state index in [0.29, 0.717) is 38.6 Å². The maximum absolute atomic E-state index is 12.5. The van der Waals surface area contributed by atoms with Crippen molar-refractivity contribution in [2.24, 2.45) is 0 Å². The molecule has 0 unspecified atom stereocenters. The molecule has 0 radical (unpaired) electrons. The van der Waals surface area contributed by atoms with Gasteiger partial charge in [-0.15, -0.1) is 23.1 Å². The number of aromatic nitrogens is 1. The van der Waals surface area contributed by atoms with Gasteiger partial charge in [0.05, 0.1) is 21.5 Å². The Hall–Kier alpha value is -2.06. The van der Waals surface area contributed by atoms with E-state index >= 15 is 0 Å². The van der Waals surface area contributed by atoms with Gasteiger partial charge in [-0.25, -0.2) is 4.98 Å². The molecule has 142 valence electrons. The predicted octanol–water partition coefficient (Wildman–Crippen LogP) is 5.34. The van der Waals surface area contributed by atoms with Gasteiger partial charge >= 0.3 is 0 Å². The molecule has 2 heterocycles. The van der Waals surface area contributed by atoms with Crippen LogP contribution in [0.25, 0.3) is 0 Å². The predicted molar refractivity (Wildman–Crippen MR) is 115 cm³/mol. The first-order valence-electron chi connectivity index (χ1n) is 8.25. The lowest BCUT2D eigenvalue weighted by Crippen LogP contribution is -2.19. The Morgan fingerprint density at radius 1 is 1.25 bits per heavy atom. The summed E-state index contributed by atoms with van der Waals surface area (Å²) in [5.41, 5.74) is 2.01. The Kier molecular flexibility index (Phi) is 5.59. The van der Waals surface area contributed by atoms with Crippen LogP contribution in [-0.4, -0.2) is 22.6 Å². The second-order valence-electron chi connectivity index (χ2n) is 6.02. The lowest BCUT2D eigenvalue weighted by atomic mass is 10.1. The third-order valence-electron chi connectivity index (χ3n) is 4.04. The number of thioether (sulfide) groups is 1. The average molecular weight is 450 g/mol. The summed E-state index contributed by atoms with van der Waals surface area (Å²) >= 11 is 15.1. The van der Waals surface area contributed by atoms with E-state index < -0.39 is 0 Å². The van der Waals surface area contributed by atoms with Crippen LogP contribution >= 0.6 is 46.3 Å². The highest BCUT2D eigenvalue weighted by atomic mass is 35.5. The maximum atomic E-state index is 12.5. The number of anilines is 2. The van der Waals surface area contributed by atoms with Crippen molar-refractivity contribution in [1.29, 1.82) is 0 Å². The van der Waals surface area contributed by atoms with Crippen molar-refractivity contribution in [2.75, 3.05) is 16.4 Å². The third kappa shape index (κ3) is 4.17. The molecule has 9 heteroatoms. The Morgan fingerprint density at radius 2 is 2.11 bits per heavy atom. The lowest BCUT2D eigenvalue weighted by Gasteiger charge is -2.16. The van der Waals surface area contributed by atoms with Crippen LogP contribution in [0.4, 0.5) is 10.8 Å². The fraction of sp³-hybridized carbons (Fsp3) is 0.105. The van der Waals surface area contributed by atoms with Gasteiger partial charge in [0, 0.05) is 28.0 Å². The number of carbonyl (C=O) groups excluding carboxylic acids is 2. The Bertz CT molecular complexity index is 1080. The van der Waals surface area contributed by atoms with Gasteiger partial charge in [-0.2, -0.15) is 0 Å². The zero-order chi connectivity index (χ0) is 19.7. The molecule has 3 aromatic rings. The monoisotopic (exact) mass is 449 g/mol. The maximum Gasteiger partial charge on any atom is 0.257 e. The van der Waals surface area contributed by atoms with E-state index in [1.165, 1.54) is 23.1 Å². The standard InChI is InChI=1S/C19H13Cl2N3O2S2/c20-13-3-1-2-10(17(13)21)6-12-8-22-19(28-12)24-18(26)11-4-5-15-14(7-11)23-16(25)9-27-15/h1-5,7-8H,6,9H2,(H,23,25)(H,22,24,26). The van der Waals surface area contributed by atoms with E-state index in [0.717, 1.165) is 15.3 Å². The SMILES string of the molecule is O=C1CSc2ccc(C(=O)Nc3ncc(Cc4cccc(Cl)c4Cl)s3)cc2N1. The number of nitrogens with zero attached hydrogens (tertiary/aromatic N) is 1. The van der Waals surface area contributed by atoms with E-state index in [4.69, 9.17) is 23.2 Å². The summed E-state index contributed by atoms with van der Waals surface area (Å²) in [4.78, 5) is 30.3. The smallest absolute Gasteiger partial charge is 0.257 e. The zero-order valence-corrected chi connectivity index (χ0v) is 17.4. The summed E-state index contributed by atoms with van der Waals surface area (Å²) in [6.45, 7) is 0. The Morgan fingerprint density at radius 3 is 2.96 bits per heavy atom. The van der Waals surface area contributed by atoms with Crippen LogP contribution in [0.5, 0.6) is 0 Å². The fourth-order valence-electron chi connectivity index (χ4n) is 2.71. The molecule has 2 N–H and O–H groups in total. The van der Waals surface area contributed by atoms with Crippen molar-refractivity contribution >= 4 is 68.9 Å². The Labute approximate surface area is 179 Å². The van der Waals surface area contributed by atoms with Crippen molar-refractivity contribution < 1.29 is 9.59 Å². The van der Waals surface area contributed by atoms with Gasteiger partial charge in [-0.1, -0.05) is 35.3 Å². The average Bonchev–Trinajstić information content (AvgIpc) is 3.11. The van der Waals surface area contributed by atoms with Crippen LogP contribution in [0.3, 0.4) is 0 Å². The molecule has 2 amide bonds. The first-order chi connectivity index (χ1) is 13.5. The second kappa shape index (κ2) is 8.13. The zero-order valence-electron chi connectivity index (χ0n) is 14.3. The molecule has 0 saturated carbocycles. The highest BCUT2D eigenvalue weighted by Gasteiger charge is 2.18. The topological polar surface area (TPSA) is 71.1 Å².